The summed E-state index contributed by atoms with van der Waals surface area (Å²) in [5, 5.41) is 21.4. The molecule has 98 valence electrons. The fraction of sp³-hybridized carbons (Fsp3) is 0.200. The summed E-state index contributed by atoms with van der Waals surface area (Å²) in [5.74, 6) is 0. The highest BCUT2D eigenvalue weighted by molar-refractivity contribution is 7.16. The summed E-state index contributed by atoms with van der Waals surface area (Å²) in [5.41, 5.74) is 2.92. The van der Waals surface area contributed by atoms with Crippen molar-refractivity contribution in [3.05, 3.63) is 50.2 Å². The smallest absolute Gasteiger partial charge is 0.101 e. The van der Waals surface area contributed by atoms with E-state index in [1.165, 1.54) is 10.4 Å². The first-order valence-corrected chi connectivity index (χ1v) is 7.39. The van der Waals surface area contributed by atoms with Gasteiger partial charge in [0.1, 0.15) is 12.1 Å². The number of nitriles is 2. The number of nitrogens with one attached hydrogen (secondary N) is 1. The summed E-state index contributed by atoms with van der Waals surface area (Å²) < 4.78 is 0.819. The minimum Gasteiger partial charge on any atom is -0.378 e. The zero-order valence-electron chi connectivity index (χ0n) is 10.5. The molecule has 0 saturated heterocycles. The number of nitrogens with zero attached hydrogens (tertiary/aromatic N) is 2. The molecule has 0 bridgehead atoms. The first kappa shape index (κ1) is 13.0. The number of aryl methyl sites for hydroxylation is 1. The molecule has 1 N–H and O–H groups in total. The molecule has 5 heteroatoms. The van der Waals surface area contributed by atoms with Gasteiger partial charge in [-0.05, 0) is 42.7 Å². The largest absolute Gasteiger partial charge is 0.378 e. The Hall–Kier alpha value is -2.01. The first-order valence-electron chi connectivity index (χ1n) is 6.20. The van der Waals surface area contributed by atoms with Crippen molar-refractivity contribution >= 4 is 28.6 Å². The molecule has 20 heavy (non-hydrogen) atoms. The van der Waals surface area contributed by atoms with Crippen LogP contribution in [0.1, 0.15) is 34.0 Å². The second kappa shape index (κ2) is 5.17. The van der Waals surface area contributed by atoms with Crippen molar-refractivity contribution in [2.75, 3.05) is 5.32 Å². The van der Waals surface area contributed by atoms with Gasteiger partial charge < -0.3 is 5.32 Å². The van der Waals surface area contributed by atoms with Gasteiger partial charge in [-0.1, -0.05) is 11.6 Å². The third-order valence-corrected chi connectivity index (χ3v) is 4.79. The van der Waals surface area contributed by atoms with Crippen molar-refractivity contribution in [1.82, 2.24) is 0 Å². The molecular weight excluding hydrogens is 290 g/mol. The molecular formula is C15H10ClN3S. The molecule has 1 heterocycles. The lowest BCUT2D eigenvalue weighted by Crippen LogP contribution is -2.06. The van der Waals surface area contributed by atoms with Gasteiger partial charge in [-0.3, -0.25) is 0 Å². The van der Waals surface area contributed by atoms with Crippen LogP contribution in [0, 0.1) is 22.7 Å². The van der Waals surface area contributed by atoms with Crippen molar-refractivity contribution < 1.29 is 0 Å². The van der Waals surface area contributed by atoms with Gasteiger partial charge in [0.15, 0.2) is 0 Å². The Morgan fingerprint density at radius 2 is 2.00 bits per heavy atom. The van der Waals surface area contributed by atoms with Crippen LogP contribution in [0.2, 0.25) is 4.34 Å². The maximum atomic E-state index is 9.05. The van der Waals surface area contributed by atoms with Crippen LogP contribution >= 0.6 is 22.9 Å². The van der Waals surface area contributed by atoms with Gasteiger partial charge in [-0.25, -0.2) is 0 Å². The molecule has 2 aromatic rings. The summed E-state index contributed by atoms with van der Waals surface area (Å²) >= 11 is 7.68. The molecule has 0 aliphatic heterocycles. The maximum Gasteiger partial charge on any atom is 0.101 e. The molecule has 0 amide bonds. The fourth-order valence-corrected chi connectivity index (χ4v) is 3.86. The van der Waals surface area contributed by atoms with Gasteiger partial charge in [-0.15, -0.1) is 11.3 Å². The topological polar surface area (TPSA) is 59.6 Å². The van der Waals surface area contributed by atoms with Crippen molar-refractivity contribution in [3.8, 4) is 12.1 Å². The van der Waals surface area contributed by atoms with Crippen LogP contribution < -0.4 is 5.32 Å². The maximum absolute atomic E-state index is 9.05. The van der Waals surface area contributed by atoms with Gasteiger partial charge in [0, 0.05) is 10.6 Å². The van der Waals surface area contributed by atoms with E-state index in [-0.39, 0.29) is 6.04 Å². The molecule has 1 aliphatic carbocycles. The monoisotopic (exact) mass is 299 g/mol. The lowest BCUT2D eigenvalue weighted by Gasteiger charge is -2.15. The molecule has 3 nitrogen and oxygen atoms in total. The number of hydrogen-bond acceptors (Lipinski definition) is 4. The summed E-state index contributed by atoms with van der Waals surface area (Å²) in [6.07, 6.45) is 2.06. The SMILES string of the molecule is N#Cc1ccc(NC2CCc3sc(Cl)cc32)cc1C#N. The van der Waals surface area contributed by atoms with Crippen LogP contribution in [0.25, 0.3) is 0 Å². The molecule has 1 aliphatic rings. The molecule has 1 unspecified atom stereocenters. The van der Waals surface area contributed by atoms with E-state index >= 15 is 0 Å². The van der Waals surface area contributed by atoms with Crippen LogP contribution in [-0.2, 0) is 6.42 Å². The van der Waals surface area contributed by atoms with Gasteiger partial charge >= 0.3 is 0 Å². The molecule has 1 aromatic carbocycles. The van der Waals surface area contributed by atoms with Crippen molar-refractivity contribution in [2.24, 2.45) is 0 Å². The van der Waals surface area contributed by atoms with Crippen LogP contribution in [0.5, 0.6) is 0 Å². The van der Waals surface area contributed by atoms with Crippen LogP contribution in [0.15, 0.2) is 24.3 Å². The summed E-state index contributed by atoms with van der Waals surface area (Å²) in [6.45, 7) is 0. The van der Waals surface area contributed by atoms with E-state index in [4.69, 9.17) is 22.1 Å². The molecule has 1 aromatic heterocycles. The normalized spacial score (nSPS) is 16.2. The molecule has 0 spiro atoms. The summed E-state index contributed by atoms with van der Waals surface area (Å²) in [7, 11) is 0. The zero-order chi connectivity index (χ0) is 14.1. The quantitative estimate of drug-likeness (QED) is 0.902. The average Bonchev–Trinajstić information content (AvgIpc) is 2.99. The third-order valence-electron chi connectivity index (χ3n) is 3.45. The van der Waals surface area contributed by atoms with Gasteiger partial charge in [0.05, 0.1) is 21.5 Å². The fourth-order valence-electron chi connectivity index (χ4n) is 2.51. The van der Waals surface area contributed by atoms with E-state index in [0.717, 1.165) is 22.9 Å². The molecule has 0 saturated carbocycles. The molecule has 3 rings (SSSR count). The van der Waals surface area contributed by atoms with E-state index < -0.39 is 0 Å². The average molecular weight is 300 g/mol. The highest BCUT2D eigenvalue weighted by Gasteiger charge is 2.25. The number of hydrogen-bond donors (Lipinski definition) is 1. The molecule has 0 fully saturated rings. The van der Waals surface area contributed by atoms with Gasteiger partial charge in [-0.2, -0.15) is 10.5 Å². The number of fused-ring (bicyclic) bond motifs is 1. The van der Waals surface area contributed by atoms with Gasteiger partial charge in [0.2, 0.25) is 0 Å². The van der Waals surface area contributed by atoms with Crippen LogP contribution in [-0.4, -0.2) is 0 Å². The van der Waals surface area contributed by atoms with Crippen molar-refractivity contribution in [1.29, 1.82) is 10.5 Å². The Kier molecular flexibility index (Phi) is 3.36. The Morgan fingerprint density at radius 3 is 2.75 bits per heavy atom. The Labute approximate surface area is 126 Å². The summed E-state index contributed by atoms with van der Waals surface area (Å²) in [4.78, 5) is 1.33. The van der Waals surface area contributed by atoms with E-state index in [1.54, 1.807) is 23.5 Å². The minimum absolute atomic E-state index is 0.230. The molecule has 1 atom stereocenters. The predicted octanol–water partition coefficient (Wildman–Crippen LogP) is 4.24. The first-order chi connectivity index (χ1) is 9.71. The zero-order valence-corrected chi connectivity index (χ0v) is 12.1. The summed E-state index contributed by atoms with van der Waals surface area (Å²) in [6, 6.07) is 11.6. The minimum atomic E-state index is 0.230. The number of benzene rings is 1. The lowest BCUT2D eigenvalue weighted by atomic mass is 10.1. The number of thiophene rings is 1. The van der Waals surface area contributed by atoms with Crippen molar-refractivity contribution in [3.63, 3.8) is 0 Å². The number of rotatable bonds is 2. The Balaban J connectivity index is 1.86. The second-order valence-corrected chi connectivity index (χ2v) is 6.42. The molecule has 0 radical (unpaired) electrons. The van der Waals surface area contributed by atoms with Gasteiger partial charge in [0.25, 0.3) is 0 Å². The van der Waals surface area contributed by atoms with Crippen LogP contribution in [0.4, 0.5) is 5.69 Å². The number of halogens is 1. The predicted molar refractivity (Wildman–Crippen MR) is 79.9 cm³/mol. The second-order valence-electron chi connectivity index (χ2n) is 4.65. The van der Waals surface area contributed by atoms with E-state index in [1.807, 2.05) is 18.2 Å². The van der Waals surface area contributed by atoms with E-state index in [9.17, 15) is 0 Å². The highest BCUT2D eigenvalue weighted by Crippen LogP contribution is 2.40. The van der Waals surface area contributed by atoms with E-state index in [0.29, 0.717) is 11.1 Å². The number of anilines is 1. The lowest BCUT2D eigenvalue weighted by molar-refractivity contribution is 0.762. The highest BCUT2D eigenvalue weighted by atomic mass is 35.5. The Bertz CT molecular complexity index is 751. The standard InChI is InChI=1S/C15H10ClN3S/c16-15-6-12-13(3-4-14(12)20-15)19-11-2-1-9(7-17)10(5-11)8-18/h1-2,5-6,13,19H,3-4H2. The van der Waals surface area contributed by atoms with Crippen molar-refractivity contribution in [2.45, 2.75) is 18.9 Å². The van der Waals surface area contributed by atoms with E-state index in [2.05, 4.69) is 11.4 Å². The Morgan fingerprint density at radius 1 is 1.20 bits per heavy atom. The third kappa shape index (κ3) is 2.25. The van der Waals surface area contributed by atoms with Crippen LogP contribution in [0.3, 0.4) is 0 Å².